The number of thiazole rings is 1. The van der Waals surface area contributed by atoms with Crippen molar-refractivity contribution in [1.29, 1.82) is 5.26 Å². The number of aryl methyl sites for hydroxylation is 2. The van der Waals surface area contributed by atoms with Gasteiger partial charge in [0.05, 0.1) is 18.2 Å². The minimum absolute atomic E-state index is 0.199. The number of nitrogens with zero attached hydrogens (tertiary/aromatic N) is 2. The number of carbonyl (C=O) groups excluding carboxylic acids is 1. The molecule has 0 unspecified atom stereocenters. The first-order valence-corrected chi connectivity index (χ1v) is 8.54. The van der Waals surface area contributed by atoms with Crippen LogP contribution in [0.25, 0.3) is 0 Å². The van der Waals surface area contributed by atoms with Gasteiger partial charge in [-0.2, -0.15) is 5.26 Å². The van der Waals surface area contributed by atoms with Crippen molar-refractivity contribution < 1.29 is 4.79 Å². The molecular formula is C16H17N3OS2. The molecule has 1 heterocycles. The van der Waals surface area contributed by atoms with E-state index in [1.807, 2.05) is 38.1 Å². The van der Waals surface area contributed by atoms with Gasteiger partial charge in [0.25, 0.3) is 0 Å². The summed E-state index contributed by atoms with van der Waals surface area (Å²) in [5.41, 5.74) is 8.38. The minimum Gasteiger partial charge on any atom is -0.369 e. The highest BCUT2D eigenvalue weighted by Gasteiger charge is 2.16. The summed E-state index contributed by atoms with van der Waals surface area (Å²) in [6, 6.07) is 10.5. The van der Waals surface area contributed by atoms with Gasteiger partial charge in [0.15, 0.2) is 4.34 Å². The summed E-state index contributed by atoms with van der Waals surface area (Å²) < 4.78 is 0.812. The van der Waals surface area contributed by atoms with Gasteiger partial charge in [-0.1, -0.05) is 41.6 Å². The lowest BCUT2D eigenvalue weighted by molar-refractivity contribution is -0.117. The highest BCUT2D eigenvalue weighted by Crippen LogP contribution is 2.31. The number of thioether (sulfide) groups is 1. The summed E-state index contributed by atoms with van der Waals surface area (Å²) in [7, 11) is 0. The van der Waals surface area contributed by atoms with Gasteiger partial charge in [-0.05, 0) is 25.8 Å². The highest BCUT2D eigenvalue weighted by atomic mass is 32.2. The summed E-state index contributed by atoms with van der Waals surface area (Å²) in [5, 5.41) is 9.16. The maximum atomic E-state index is 11.0. The number of aromatic nitrogens is 1. The topological polar surface area (TPSA) is 79.8 Å². The Morgan fingerprint density at radius 1 is 1.41 bits per heavy atom. The molecule has 2 N–H and O–H groups in total. The predicted octanol–water partition coefficient (Wildman–Crippen LogP) is 3.01. The van der Waals surface area contributed by atoms with E-state index >= 15 is 0 Å². The molecule has 0 spiro atoms. The second-order valence-electron chi connectivity index (χ2n) is 5.06. The SMILES string of the molecule is Cc1ccc(C[C@@H](C#N)Sc2nc(C)c(CC(N)=O)s2)cc1. The fourth-order valence-electron chi connectivity index (χ4n) is 1.95. The molecule has 2 rings (SSSR count). The van der Waals surface area contributed by atoms with Crippen LogP contribution in [0.2, 0.25) is 0 Å². The van der Waals surface area contributed by atoms with Gasteiger partial charge >= 0.3 is 0 Å². The van der Waals surface area contributed by atoms with Crippen LogP contribution in [-0.2, 0) is 17.6 Å². The van der Waals surface area contributed by atoms with Crippen LogP contribution >= 0.6 is 23.1 Å². The van der Waals surface area contributed by atoms with Crippen LogP contribution in [0.3, 0.4) is 0 Å². The summed E-state index contributed by atoms with van der Waals surface area (Å²) in [6.45, 7) is 3.90. The van der Waals surface area contributed by atoms with Gasteiger partial charge in [-0.15, -0.1) is 11.3 Å². The molecule has 4 nitrogen and oxygen atoms in total. The fourth-order valence-corrected chi connectivity index (χ4v) is 4.35. The van der Waals surface area contributed by atoms with Crippen LogP contribution in [0.5, 0.6) is 0 Å². The first-order chi connectivity index (χ1) is 10.5. The second-order valence-corrected chi connectivity index (χ2v) is 7.59. The Balaban J connectivity index is 2.05. The van der Waals surface area contributed by atoms with E-state index < -0.39 is 0 Å². The van der Waals surface area contributed by atoms with Crippen molar-refractivity contribution in [2.45, 2.75) is 36.3 Å². The average molecular weight is 331 g/mol. The van der Waals surface area contributed by atoms with Crippen LogP contribution < -0.4 is 5.73 Å². The Labute approximate surface area is 138 Å². The van der Waals surface area contributed by atoms with Crippen LogP contribution in [-0.4, -0.2) is 16.1 Å². The molecule has 0 fully saturated rings. The predicted molar refractivity (Wildman–Crippen MR) is 89.9 cm³/mol. The zero-order valence-electron chi connectivity index (χ0n) is 12.5. The molecule has 6 heteroatoms. The molecule has 1 atom stereocenters. The molecular weight excluding hydrogens is 314 g/mol. The first-order valence-electron chi connectivity index (χ1n) is 6.84. The number of carbonyl (C=O) groups is 1. The van der Waals surface area contributed by atoms with E-state index in [4.69, 9.17) is 5.73 Å². The molecule has 1 aromatic heterocycles. The third-order valence-electron chi connectivity index (χ3n) is 3.14. The molecule has 22 heavy (non-hydrogen) atoms. The van der Waals surface area contributed by atoms with E-state index in [1.165, 1.54) is 28.7 Å². The molecule has 0 radical (unpaired) electrons. The highest BCUT2D eigenvalue weighted by molar-refractivity contribution is 8.01. The second kappa shape index (κ2) is 7.43. The van der Waals surface area contributed by atoms with E-state index in [0.29, 0.717) is 6.42 Å². The molecule has 0 aliphatic heterocycles. The molecule has 0 saturated heterocycles. The van der Waals surface area contributed by atoms with Gasteiger partial charge in [-0.3, -0.25) is 4.79 Å². The maximum absolute atomic E-state index is 11.0. The maximum Gasteiger partial charge on any atom is 0.222 e. The molecule has 0 saturated carbocycles. The van der Waals surface area contributed by atoms with E-state index in [9.17, 15) is 10.1 Å². The summed E-state index contributed by atoms with van der Waals surface area (Å²) in [5.74, 6) is -0.361. The van der Waals surface area contributed by atoms with Crippen molar-refractivity contribution >= 4 is 29.0 Å². The number of nitriles is 1. The Bertz CT molecular complexity index is 701. The molecule has 0 aliphatic carbocycles. The number of nitrogens with two attached hydrogens (primary N) is 1. The Morgan fingerprint density at radius 2 is 2.09 bits per heavy atom. The average Bonchev–Trinajstić information content (AvgIpc) is 2.79. The van der Waals surface area contributed by atoms with Crippen molar-refractivity contribution in [3.8, 4) is 6.07 Å². The lowest BCUT2D eigenvalue weighted by Gasteiger charge is -2.07. The van der Waals surface area contributed by atoms with Crippen molar-refractivity contribution in [2.24, 2.45) is 5.73 Å². The van der Waals surface area contributed by atoms with Crippen LogP contribution in [0, 0.1) is 25.2 Å². The number of primary amides is 1. The molecule has 1 amide bonds. The number of amides is 1. The standard InChI is InChI=1S/C16H17N3OS2/c1-10-3-5-12(6-4-10)7-13(9-17)21-16-19-11(2)14(22-16)8-15(18)20/h3-6,13H,7-8H2,1-2H3,(H2,18,20)/t13-/m0/s1. The lowest BCUT2D eigenvalue weighted by atomic mass is 10.1. The lowest BCUT2D eigenvalue weighted by Crippen LogP contribution is -2.13. The van der Waals surface area contributed by atoms with Crippen molar-refractivity contribution in [3.63, 3.8) is 0 Å². The van der Waals surface area contributed by atoms with Crippen molar-refractivity contribution in [3.05, 3.63) is 46.0 Å². The smallest absolute Gasteiger partial charge is 0.222 e. The third-order valence-corrected chi connectivity index (χ3v) is 5.48. The van der Waals surface area contributed by atoms with E-state index in [-0.39, 0.29) is 17.6 Å². The van der Waals surface area contributed by atoms with Gasteiger partial charge in [0.1, 0.15) is 5.25 Å². The van der Waals surface area contributed by atoms with Gasteiger partial charge < -0.3 is 5.73 Å². The normalized spacial score (nSPS) is 11.9. The van der Waals surface area contributed by atoms with Gasteiger partial charge in [-0.25, -0.2) is 4.98 Å². The van der Waals surface area contributed by atoms with E-state index in [2.05, 4.69) is 11.1 Å². The molecule has 1 aromatic carbocycles. The first kappa shape index (κ1) is 16.5. The summed E-state index contributed by atoms with van der Waals surface area (Å²) in [4.78, 5) is 16.3. The number of hydrogen-bond acceptors (Lipinski definition) is 5. The van der Waals surface area contributed by atoms with Gasteiger partial charge in [0, 0.05) is 4.88 Å². The van der Waals surface area contributed by atoms with Crippen molar-refractivity contribution in [2.75, 3.05) is 0 Å². The molecule has 2 aromatic rings. The van der Waals surface area contributed by atoms with E-state index in [0.717, 1.165) is 20.5 Å². The molecule has 0 bridgehead atoms. The van der Waals surface area contributed by atoms with Crippen LogP contribution in [0.1, 0.15) is 21.7 Å². The largest absolute Gasteiger partial charge is 0.369 e. The molecule has 0 aliphatic rings. The monoisotopic (exact) mass is 331 g/mol. The molecule has 114 valence electrons. The number of rotatable bonds is 6. The van der Waals surface area contributed by atoms with Crippen LogP contribution in [0.15, 0.2) is 28.6 Å². The Kier molecular flexibility index (Phi) is 5.58. The number of hydrogen-bond donors (Lipinski definition) is 1. The number of benzene rings is 1. The Morgan fingerprint density at radius 3 is 2.68 bits per heavy atom. The van der Waals surface area contributed by atoms with E-state index in [1.54, 1.807) is 0 Å². The summed E-state index contributed by atoms with van der Waals surface area (Å²) >= 11 is 2.89. The summed E-state index contributed by atoms with van der Waals surface area (Å²) in [6.07, 6.45) is 0.879. The van der Waals surface area contributed by atoms with Gasteiger partial charge in [0.2, 0.25) is 5.91 Å². The minimum atomic E-state index is -0.361. The quantitative estimate of drug-likeness (QED) is 0.825. The van der Waals surface area contributed by atoms with Crippen molar-refractivity contribution in [1.82, 2.24) is 4.98 Å². The fraction of sp³-hybridized carbons (Fsp3) is 0.312. The zero-order chi connectivity index (χ0) is 16.1. The third kappa shape index (κ3) is 4.58. The van der Waals surface area contributed by atoms with Crippen LogP contribution in [0.4, 0.5) is 0 Å². The zero-order valence-corrected chi connectivity index (χ0v) is 14.1. The Hall–Kier alpha value is -1.84.